The molecule has 0 aliphatic carbocycles. The number of aliphatic hydroxyl groups excluding tert-OH is 1. The van der Waals surface area contributed by atoms with Crippen molar-refractivity contribution >= 4 is 27.5 Å². The molecular weight excluding hydrogens is 400 g/mol. The molecule has 0 bridgehead atoms. The zero-order valence-electron chi connectivity index (χ0n) is 16.0. The van der Waals surface area contributed by atoms with Crippen LogP contribution in [0.1, 0.15) is 24.6 Å². The molecule has 0 spiro atoms. The highest BCUT2D eigenvalue weighted by atomic mass is 32.2. The van der Waals surface area contributed by atoms with E-state index in [4.69, 9.17) is 4.74 Å². The average molecular weight is 422 g/mol. The maximum atomic E-state index is 12.4. The standard InChI is InChI=1S/C18H22N4O6S/c1-3-11(8-23)19-17(24)18(25)20-16-14-9-29(26,27)10-15(14)21-22(16)12-4-6-13(28-2)7-5-12/h4-7,11,23H,3,8-10H2,1-2H3,(H,19,24)(H,20,25). The monoisotopic (exact) mass is 422 g/mol. The predicted molar refractivity (Wildman–Crippen MR) is 104 cm³/mol. The zero-order valence-corrected chi connectivity index (χ0v) is 16.8. The molecule has 0 fully saturated rings. The fourth-order valence-corrected chi connectivity index (χ4v) is 4.47. The number of benzene rings is 1. The second-order valence-corrected chi connectivity index (χ2v) is 8.70. The van der Waals surface area contributed by atoms with Crippen molar-refractivity contribution in [2.45, 2.75) is 30.9 Å². The lowest BCUT2D eigenvalue weighted by molar-refractivity contribution is -0.136. The van der Waals surface area contributed by atoms with Crippen LogP contribution in [0.25, 0.3) is 5.69 Å². The molecule has 1 unspecified atom stereocenters. The van der Waals surface area contributed by atoms with Crippen LogP contribution in [0, 0.1) is 0 Å². The number of ether oxygens (including phenoxy) is 1. The fourth-order valence-electron chi connectivity index (χ4n) is 2.97. The van der Waals surface area contributed by atoms with E-state index in [0.717, 1.165) is 0 Å². The van der Waals surface area contributed by atoms with Gasteiger partial charge in [-0.2, -0.15) is 5.10 Å². The smallest absolute Gasteiger partial charge is 0.314 e. The Balaban J connectivity index is 1.93. The van der Waals surface area contributed by atoms with Crippen molar-refractivity contribution in [1.82, 2.24) is 15.1 Å². The molecule has 2 heterocycles. The molecule has 29 heavy (non-hydrogen) atoms. The highest BCUT2D eigenvalue weighted by Crippen LogP contribution is 2.33. The topological polar surface area (TPSA) is 140 Å². The number of anilines is 1. The first-order chi connectivity index (χ1) is 13.8. The van der Waals surface area contributed by atoms with E-state index in [-0.39, 0.29) is 23.9 Å². The molecule has 3 N–H and O–H groups in total. The van der Waals surface area contributed by atoms with E-state index < -0.39 is 27.7 Å². The highest BCUT2D eigenvalue weighted by Gasteiger charge is 2.34. The van der Waals surface area contributed by atoms with Crippen molar-refractivity contribution in [2.75, 3.05) is 19.0 Å². The van der Waals surface area contributed by atoms with Gasteiger partial charge in [-0.05, 0) is 30.7 Å². The Kier molecular flexibility index (Phi) is 5.89. The molecular formula is C18H22N4O6S. The molecule has 1 atom stereocenters. The number of fused-ring (bicyclic) bond motifs is 1. The Morgan fingerprint density at radius 3 is 2.52 bits per heavy atom. The molecule has 1 aliphatic heterocycles. The number of carbonyl (C=O) groups excluding carboxylic acids is 2. The summed E-state index contributed by atoms with van der Waals surface area (Å²) in [5, 5.41) is 18.4. The summed E-state index contributed by atoms with van der Waals surface area (Å²) in [5.41, 5.74) is 1.25. The van der Waals surface area contributed by atoms with Gasteiger partial charge in [-0.15, -0.1) is 0 Å². The maximum absolute atomic E-state index is 12.4. The van der Waals surface area contributed by atoms with Gasteiger partial charge in [-0.25, -0.2) is 13.1 Å². The first kappa shape index (κ1) is 20.8. The van der Waals surface area contributed by atoms with E-state index in [9.17, 15) is 23.1 Å². The van der Waals surface area contributed by atoms with Crippen molar-refractivity contribution in [1.29, 1.82) is 0 Å². The van der Waals surface area contributed by atoms with Crippen molar-refractivity contribution in [3.8, 4) is 11.4 Å². The van der Waals surface area contributed by atoms with Crippen LogP contribution < -0.4 is 15.4 Å². The molecule has 10 nitrogen and oxygen atoms in total. The summed E-state index contributed by atoms with van der Waals surface area (Å²) >= 11 is 0. The molecule has 156 valence electrons. The van der Waals surface area contributed by atoms with Gasteiger partial charge in [0.2, 0.25) is 0 Å². The SMILES string of the molecule is CCC(CO)NC(=O)C(=O)Nc1c2c(nn1-c1ccc(OC)cc1)CS(=O)(=O)C2. The molecule has 1 aromatic carbocycles. The number of amides is 2. The Morgan fingerprint density at radius 2 is 1.93 bits per heavy atom. The Morgan fingerprint density at radius 1 is 1.24 bits per heavy atom. The van der Waals surface area contributed by atoms with E-state index in [2.05, 4.69) is 15.7 Å². The first-order valence-electron chi connectivity index (χ1n) is 8.96. The number of sulfone groups is 1. The summed E-state index contributed by atoms with van der Waals surface area (Å²) in [7, 11) is -1.83. The minimum atomic E-state index is -3.36. The molecule has 0 radical (unpaired) electrons. The molecule has 2 aromatic rings. The van der Waals surface area contributed by atoms with E-state index in [1.165, 1.54) is 11.8 Å². The third kappa shape index (κ3) is 4.40. The second kappa shape index (κ2) is 8.21. The van der Waals surface area contributed by atoms with E-state index in [0.29, 0.717) is 29.1 Å². The molecule has 1 aromatic heterocycles. The zero-order chi connectivity index (χ0) is 21.2. The Labute approximate surface area is 167 Å². The fraction of sp³-hybridized carbons (Fsp3) is 0.389. The number of aromatic nitrogens is 2. The summed E-state index contributed by atoms with van der Waals surface area (Å²) in [4.78, 5) is 24.6. The second-order valence-electron chi connectivity index (χ2n) is 6.63. The minimum Gasteiger partial charge on any atom is -0.497 e. The van der Waals surface area contributed by atoms with E-state index in [1.807, 2.05) is 0 Å². The van der Waals surface area contributed by atoms with E-state index >= 15 is 0 Å². The molecule has 2 amide bonds. The summed E-state index contributed by atoms with van der Waals surface area (Å²) in [6.07, 6.45) is 0.451. The van der Waals surface area contributed by atoms with Gasteiger partial charge in [-0.3, -0.25) is 9.59 Å². The van der Waals surface area contributed by atoms with Crippen LogP contribution in [0.15, 0.2) is 24.3 Å². The van der Waals surface area contributed by atoms with Crippen LogP contribution in [-0.2, 0) is 30.9 Å². The normalized spacial score (nSPS) is 15.4. The van der Waals surface area contributed by atoms with Gasteiger partial charge < -0.3 is 20.5 Å². The van der Waals surface area contributed by atoms with Gasteiger partial charge in [0.05, 0.1) is 42.6 Å². The number of aliphatic hydroxyl groups is 1. The number of nitrogens with one attached hydrogen (secondary N) is 2. The summed E-state index contributed by atoms with van der Waals surface area (Å²) < 4.78 is 30.5. The summed E-state index contributed by atoms with van der Waals surface area (Å²) in [5.74, 6) is -1.66. The first-order valence-corrected chi connectivity index (χ1v) is 10.8. The van der Waals surface area contributed by atoms with Gasteiger partial charge in [0.1, 0.15) is 11.6 Å². The predicted octanol–water partition coefficient (Wildman–Crippen LogP) is 0.135. The third-order valence-corrected chi connectivity index (χ3v) is 6.03. The molecule has 0 saturated carbocycles. The number of hydrogen-bond donors (Lipinski definition) is 3. The molecule has 0 saturated heterocycles. The number of methoxy groups -OCH3 is 1. The highest BCUT2D eigenvalue weighted by molar-refractivity contribution is 7.90. The van der Waals surface area contributed by atoms with Crippen LogP contribution in [0.3, 0.4) is 0 Å². The van der Waals surface area contributed by atoms with Gasteiger partial charge in [0, 0.05) is 5.56 Å². The van der Waals surface area contributed by atoms with E-state index in [1.54, 1.807) is 31.2 Å². The molecule has 3 rings (SSSR count). The average Bonchev–Trinajstić information content (AvgIpc) is 3.18. The number of carbonyl (C=O) groups is 2. The van der Waals surface area contributed by atoms with Crippen LogP contribution in [0.2, 0.25) is 0 Å². The lowest BCUT2D eigenvalue weighted by Crippen LogP contribution is -2.43. The van der Waals surface area contributed by atoms with Gasteiger partial charge in [0.25, 0.3) is 0 Å². The maximum Gasteiger partial charge on any atom is 0.314 e. The third-order valence-electron chi connectivity index (χ3n) is 4.59. The van der Waals surface area contributed by atoms with Crippen LogP contribution in [-0.4, -0.2) is 54.9 Å². The number of rotatable bonds is 6. The molecule has 11 heteroatoms. The minimum absolute atomic E-state index is 0.128. The number of nitrogens with zero attached hydrogens (tertiary/aromatic N) is 2. The van der Waals surface area contributed by atoms with Crippen LogP contribution in [0.5, 0.6) is 5.75 Å². The van der Waals surface area contributed by atoms with Gasteiger partial charge in [0.15, 0.2) is 9.84 Å². The van der Waals surface area contributed by atoms with Crippen molar-refractivity contribution in [3.63, 3.8) is 0 Å². The summed E-state index contributed by atoms with van der Waals surface area (Å²) in [6.45, 7) is 1.46. The van der Waals surface area contributed by atoms with Crippen LogP contribution >= 0.6 is 0 Å². The van der Waals surface area contributed by atoms with Gasteiger partial charge in [-0.1, -0.05) is 6.92 Å². The Bertz CT molecular complexity index is 1030. The van der Waals surface area contributed by atoms with Crippen molar-refractivity contribution in [2.24, 2.45) is 0 Å². The van der Waals surface area contributed by atoms with Crippen LogP contribution in [0.4, 0.5) is 5.82 Å². The lowest BCUT2D eigenvalue weighted by Gasteiger charge is -2.15. The van der Waals surface area contributed by atoms with Crippen molar-refractivity contribution < 1.29 is 27.9 Å². The Hall–Kier alpha value is -2.92. The number of hydrogen-bond acceptors (Lipinski definition) is 7. The van der Waals surface area contributed by atoms with Gasteiger partial charge >= 0.3 is 11.8 Å². The largest absolute Gasteiger partial charge is 0.497 e. The quantitative estimate of drug-likeness (QED) is 0.562. The molecule has 1 aliphatic rings. The lowest BCUT2D eigenvalue weighted by atomic mass is 10.2. The summed E-state index contributed by atoms with van der Waals surface area (Å²) in [6, 6.07) is 6.24. The van der Waals surface area contributed by atoms with Crippen molar-refractivity contribution in [3.05, 3.63) is 35.5 Å².